The first-order chi connectivity index (χ1) is 12.2. The number of nitrogens with one attached hydrogen (secondary N) is 2. The zero-order valence-corrected chi connectivity index (χ0v) is 13.5. The summed E-state index contributed by atoms with van der Waals surface area (Å²) >= 11 is 0. The molecule has 7 nitrogen and oxygen atoms in total. The lowest BCUT2D eigenvalue weighted by Crippen LogP contribution is -2.47. The van der Waals surface area contributed by atoms with E-state index in [2.05, 4.69) is 15.8 Å². The van der Waals surface area contributed by atoms with E-state index in [9.17, 15) is 14.7 Å². The second kappa shape index (κ2) is 9.84. The molecule has 2 aromatic rings. The SMILES string of the molecule is O=C(N[C@@H](CO)C(=O)N/N=C/c1ccccc1)OCc1ccccc1. The van der Waals surface area contributed by atoms with Gasteiger partial charge in [-0.1, -0.05) is 60.7 Å². The van der Waals surface area contributed by atoms with Crippen LogP contribution in [0.15, 0.2) is 65.8 Å². The van der Waals surface area contributed by atoms with Crippen LogP contribution in [-0.2, 0) is 16.1 Å². The molecule has 0 unspecified atom stereocenters. The summed E-state index contributed by atoms with van der Waals surface area (Å²) in [7, 11) is 0. The standard InChI is InChI=1S/C18H19N3O4/c22-12-16(17(23)21-19-11-14-7-3-1-4-8-14)20-18(24)25-13-15-9-5-2-6-10-15/h1-11,16,22H,12-13H2,(H,20,24)(H,21,23)/b19-11+/t16-/m0/s1. The van der Waals surface area contributed by atoms with Gasteiger partial charge in [0.05, 0.1) is 12.8 Å². The predicted molar refractivity (Wildman–Crippen MR) is 92.8 cm³/mol. The summed E-state index contributed by atoms with van der Waals surface area (Å²) in [6.45, 7) is -0.508. The molecule has 25 heavy (non-hydrogen) atoms. The number of ether oxygens (including phenoxy) is 1. The van der Waals surface area contributed by atoms with Crippen LogP contribution in [-0.4, -0.2) is 36.0 Å². The van der Waals surface area contributed by atoms with Crippen molar-refractivity contribution in [2.45, 2.75) is 12.6 Å². The van der Waals surface area contributed by atoms with Gasteiger partial charge in [-0.25, -0.2) is 10.2 Å². The molecule has 2 rings (SSSR count). The number of hydrogen-bond donors (Lipinski definition) is 3. The van der Waals surface area contributed by atoms with Crippen LogP contribution in [0.25, 0.3) is 0 Å². The number of amides is 2. The summed E-state index contributed by atoms with van der Waals surface area (Å²) in [5.41, 5.74) is 3.88. The molecule has 0 bridgehead atoms. The van der Waals surface area contributed by atoms with E-state index in [1.54, 1.807) is 0 Å². The van der Waals surface area contributed by atoms with E-state index in [0.29, 0.717) is 0 Å². The van der Waals surface area contributed by atoms with Crippen LogP contribution < -0.4 is 10.7 Å². The minimum Gasteiger partial charge on any atom is -0.445 e. The van der Waals surface area contributed by atoms with Crippen molar-refractivity contribution < 1.29 is 19.4 Å². The number of aliphatic hydroxyl groups excluding tert-OH is 1. The molecule has 0 saturated carbocycles. The fourth-order valence-corrected chi connectivity index (χ4v) is 1.89. The Morgan fingerprint density at radius 2 is 1.72 bits per heavy atom. The normalized spacial score (nSPS) is 11.7. The molecule has 0 radical (unpaired) electrons. The molecule has 130 valence electrons. The Labute approximate surface area is 145 Å². The number of alkyl carbamates (subject to hydrolysis) is 1. The van der Waals surface area contributed by atoms with Crippen molar-refractivity contribution in [3.63, 3.8) is 0 Å². The molecule has 0 heterocycles. The number of carbonyl (C=O) groups is 2. The largest absolute Gasteiger partial charge is 0.445 e. The third-order valence-corrected chi connectivity index (χ3v) is 3.19. The molecular formula is C18H19N3O4. The number of hydrogen-bond acceptors (Lipinski definition) is 5. The van der Waals surface area contributed by atoms with Gasteiger partial charge in [-0.15, -0.1) is 0 Å². The van der Waals surface area contributed by atoms with E-state index >= 15 is 0 Å². The first-order valence-electron chi connectivity index (χ1n) is 7.65. The van der Waals surface area contributed by atoms with Gasteiger partial charge in [0.15, 0.2) is 0 Å². The molecule has 7 heteroatoms. The Hall–Kier alpha value is -3.19. The maximum Gasteiger partial charge on any atom is 0.408 e. The fourth-order valence-electron chi connectivity index (χ4n) is 1.89. The molecule has 2 amide bonds. The van der Waals surface area contributed by atoms with Gasteiger partial charge in [0, 0.05) is 0 Å². The Bertz CT molecular complexity index is 705. The van der Waals surface area contributed by atoms with Crippen molar-refractivity contribution in [1.82, 2.24) is 10.7 Å². The molecule has 0 saturated heterocycles. The molecular weight excluding hydrogens is 322 g/mol. The van der Waals surface area contributed by atoms with E-state index in [1.165, 1.54) is 6.21 Å². The zero-order valence-electron chi connectivity index (χ0n) is 13.5. The molecule has 0 fully saturated rings. The van der Waals surface area contributed by atoms with Crippen molar-refractivity contribution in [3.05, 3.63) is 71.8 Å². The fraction of sp³-hybridized carbons (Fsp3) is 0.167. The maximum atomic E-state index is 11.9. The van der Waals surface area contributed by atoms with Crippen LogP contribution in [0, 0.1) is 0 Å². The number of carbonyl (C=O) groups excluding carboxylic acids is 2. The van der Waals surface area contributed by atoms with Crippen molar-refractivity contribution in [3.8, 4) is 0 Å². The van der Waals surface area contributed by atoms with Crippen LogP contribution >= 0.6 is 0 Å². The minimum absolute atomic E-state index is 0.0681. The van der Waals surface area contributed by atoms with Crippen LogP contribution in [0.2, 0.25) is 0 Å². The van der Waals surface area contributed by atoms with Gasteiger partial charge in [0.1, 0.15) is 12.6 Å². The van der Waals surface area contributed by atoms with Crippen molar-refractivity contribution >= 4 is 18.2 Å². The lowest BCUT2D eigenvalue weighted by atomic mass is 10.2. The van der Waals surface area contributed by atoms with Gasteiger partial charge >= 0.3 is 6.09 Å². The molecule has 0 aliphatic carbocycles. The van der Waals surface area contributed by atoms with Crippen molar-refractivity contribution in [1.29, 1.82) is 0 Å². The lowest BCUT2D eigenvalue weighted by molar-refractivity contribution is -0.123. The molecule has 0 aliphatic heterocycles. The molecule has 2 aromatic carbocycles. The maximum absolute atomic E-state index is 11.9. The highest BCUT2D eigenvalue weighted by Gasteiger charge is 2.20. The monoisotopic (exact) mass is 341 g/mol. The Kier molecular flexibility index (Phi) is 7.14. The predicted octanol–water partition coefficient (Wildman–Crippen LogP) is 1.42. The van der Waals surface area contributed by atoms with Gasteiger partial charge in [0.2, 0.25) is 0 Å². The molecule has 0 spiro atoms. The molecule has 0 aliphatic rings. The van der Waals surface area contributed by atoms with Crippen molar-refractivity contribution in [2.24, 2.45) is 5.10 Å². The molecule has 3 N–H and O–H groups in total. The second-order valence-corrected chi connectivity index (χ2v) is 5.09. The van der Waals surface area contributed by atoms with Gasteiger partial charge < -0.3 is 15.2 Å². The Morgan fingerprint density at radius 3 is 2.36 bits per heavy atom. The first-order valence-corrected chi connectivity index (χ1v) is 7.65. The average Bonchev–Trinajstić information content (AvgIpc) is 2.66. The third kappa shape index (κ3) is 6.44. The summed E-state index contributed by atoms with van der Waals surface area (Å²) in [6.07, 6.45) is 0.658. The van der Waals surface area contributed by atoms with E-state index in [0.717, 1.165) is 11.1 Å². The number of benzene rings is 2. The topological polar surface area (TPSA) is 100 Å². The zero-order chi connectivity index (χ0) is 17.9. The highest BCUT2D eigenvalue weighted by atomic mass is 16.5. The second-order valence-electron chi connectivity index (χ2n) is 5.09. The average molecular weight is 341 g/mol. The first kappa shape index (κ1) is 18.2. The number of aliphatic hydroxyl groups is 1. The third-order valence-electron chi connectivity index (χ3n) is 3.19. The smallest absolute Gasteiger partial charge is 0.408 e. The quantitative estimate of drug-likeness (QED) is 0.524. The Morgan fingerprint density at radius 1 is 1.08 bits per heavy atom. The van der Waals surface area contributed by atoms with Gasteiger partial charge in [-0.05, 0) is 11.1 Å². The van der Waals surface area contributed by atoms with Gasteiger partial charge in [0.25, 0.3) is 5.91 Å². The summed E-state index contributed by atoms with van der Waals surface area (Å²) < 4.78 is 5.00. The van der Waals surface area contributed by atoms with Crippen LogP contribution in [0.1, 0.15) is 11.1 Å². The summed E-state index contributed by atoms with van der Waals surface area (Å²) in [4.78, 5) is 23.6. The van der Waals surface area contributed by atoms with E-state index in [1.807, 2.05) is 60.7 Å². The van der Waals surface area contributed by atoms with Crippen LogP contribution in [0.5, 0.6) is 0 Å². The lowest BCUT2D eigenvalue weighted by Gasteiger charge is -2.14. The van der Waals surface area contributed by atoms with Gasteiger partial charge in [-0.2, -0.15) is 5.10 Å². The van der Waals surface area contributed by atoms with Crippen LogP contribution in [0.3, 0.4) is 0 Å². The number of rotatable bonds is 7. The minimum atomic E-state index is -1.16. The van der Waals surface area contributed by atoms with E-state index < -0.39 is 24.6 Å². The Balaban J connectivity index is 1.78. The van der Waals surface area contributed by atoms with Gasteiger partial charge in [-0.3, -0.25) is 4.79 Å². The molecule has 1 atom stereocenters. The highest BCUT2D eigenvalue weighted by Crippen LogP contribution is 2.00. The number of nitrogens with zero attached hydrogens (tertiary/aromatic N) is 1. The summed E-state index contributed by atoms with van der Waals surface area (Å²) in [6, 6.07) is 17.1. The van der Waals surface area contributed by atoms with E-state index in [-0.39, 0.29) is 6.61 Å². The van der Waals surface area contributed by atoms with E-state index in [4.69, 9.17) is 4.74 Å². The van der Waals surface area contributed by atoms with Crippen molar-refractivity contribution in [2.75, 3.05) is 6.61 Å². The van der Waals surface area contributed by atoms with Crippen LogP contribution in [0.4, 0.5) is 4.79 Å². The summed E-state index contributed by atoms with van der Waals surface area (Å²) in [5, 5.41) is 15.3. The molecule has 0 aromatic heterocycles. The summed E-state index contributed by atoms with van der Waals surface area (Å²) in [5.74, 6) is -0.647. The number of hydrazone groups is 1. The highest BCUT2D eigenvalue weighted by molar-refractivity contribution is 5.87.